The van der Waals surface area contributed by atoms with Gasteiger partial charge in [0.05, 0.1) is 18.4 Å². The van der Waals surface area contributed by atoms with Crippen LogP contribution in [0.2, 0.25) is 0 Å². The van der Waals surface area contributed by atoms with Crippen LogP contribution in [0.4, 0.5) is 26.3 Å². The number of alkyl halides is 6. The number of rotatable bonds is 6. The number of benzene rings is 1. The fourth-order valence-corrected chi connectivity index (χ4v) is 5.72. The van der Waals surface area contributed by atoms with Gasteiger partial charge in [-0.05, 0) is 43.6 Å². The number of allylic oxidation sites excluding steroid dienone is 1. The molecule has 0 N–H and O–H groups in total. The monoisotopic (exact) mass is 530 g/mol. The van der Waals surface area contributed by atoms with Gasteiger partial charge in [-0.3, -0.25) is 4.79 Å². The third kappa shape index (κ3) is 4.59. The van der Waals surface area contributed by atoms with Crippen LogP contribution >= 0.6 is 0 Å². The second kappa shape index (κ2) is 8.67. The third-order valence-electron chi connectivity index (χ3n) is 7.18. The van der Waals surface area contributed by atoms with Crippen molar-refractivity contribution in [3.63, 3.8) is 0 Å². The molecule has 200 valence electrons. The first kappa shape index (κ1) is 25.9. The molecule has 2 fully saturated rings. The molecule has 0 bridgehead atoms. The van der Waals surface area contributed by atoms with E-state index in [1.165, 1.54) is 6.08 Å². The summed E-state index contributed by atoms with van der Waals surface area (Å²) in [7, 11) is 0. The molecule has 0 radical (unpaired) electrons. The SMILES string of the molecule is C[C@]12N=C3C=CC(OCC(F)(F)F)(OCC(F)(F)F)C=C3[C@]13CCC(=O)N3[C@@H](Cc1ccccc1)CO2. The molecule has 12 heteroatoms. The highest BCUT2D eigenvalue weighted by molar-refractivity contribution is 6.14. The van der Waals surface area contributed by atoms with E-state index in [4.69, 9.17) is 14.2 Å². The van der Waals surface area contributed by atoms with E-state index in [-0.39, 0.29) is 30.9 Å². The molecular weight excluding hydrogens is 506 g/mol. The zero-order valence-corrected chi connectivity index (χ0v) is 19.7. The summed E-state index contributed by atoms with van der Waals surface area (Å²) in [5, 5.41) is 0. The lowest BCUT2D eigenvalue weighted by atomic mass is 9.75. The largest absolute Gasteiger partial charge is 0.411 e. The van der Waals surface area contributed by atoms with E-state index in [1.807, 2.05) is 30.3 Å². The van der Waals surface area contributed by atoms with Crippen molar-refractivity contribution in [2.75, 3.05) is 19.8 Å². The fourth-order valence-electron chi connectivity index (χ4n) is 5.72. The predicted molar refractivity (Wildman–Crippen MR) is 119 cm³/mol. The molecule has 4 aliphatic rings. The minimum Gasteiger partial charge on any atom is -0.349 e. The van der Waals surface area contributed by atoms with Gasteiger partial charge in [0.1, 0.15) is 18.8 Å². The summed E-state index contributed by atoms with van der Waals surface area (Å²) < 4.78 is 94.3. The molecule has 1 spiro atoms. The number of carbonyl (C=O) groups excluding carboxylic acids is 1. The van der Waals surface area contributed by atoms with Gasteiger partial charge in [-0.25, -0.2) is 4.99 Å². The number of hydrogen-bond donors (Lipinski definition) is 0. The number of ether oxygens (including phenoxy) is 3. The molecule has 1 amide bonds. The van der Waals surface area contributed by atoms with Gasteiger partial charge in [0.25, 0.3) is 0 Å². The van der Waals surface area contributed by atoms with E-state index in [9.17, 15) is 31.1 Å². The standard InChI is InChI=1S/C25H24F6N2O4/c1-21-23(10-8-20(34)33(23)17(13-35-21)11-16-5-3-2-4-6-16)18-12-22(9-7-19(18)32-21,36-14-24(26,27)28)37-15-25(29,30)31/h2-7,9,12,17H,8,10-11,13-15H2,1H3/t17-,21+,23+/m0/s1. The average Bonchev–Trinajstić information content (AvgIpc) is 3.30. The Morgan fingerprint density at radius 2 is 1.73 bits per heavy atom. The number of hydrogen-bond acceptors (Lipinski definition) is 5. The van der Waals surface area contributed by atoms with Gasteiger partial charge >= 0.3 is 12.4 Å². The van der Waals surface area contributed by atoms with E-state index in [1.54, 1.807) is 11.8 Å². The minimum atomic E-state index is -4.82. The molecule has 1 aliphatic carbocycles. The maximum Gasteiger partial charge on any atom is 0.411 e. The van der Waals surface area contributed by atoms with Crippen LogP contribution in [0.5, 0.6) is 0 Å². The molecule has 0 aromatic heterocycles. The van der Waals surface area contributed by atoms with Crippen LogP contribution < -0.4 is 0 Å². The molecule has 6 nitrogen and oxygen atoms in total. The maximum absolute atomic E-state index is 13.3. The molecular formula is C25H24F6N2O4. The lowest BCUT2D eigenvalue weighted by Crippen LogP contribution is -2.68. The Balaban J connectivity index is 1.56. The number of nitrogens with zero attached hydrogens (tertiary/aromatic N) is 2. The predicted octanol–water partition coefficient (Wildman–Crippen LogP) is 4.51. The Labute approximate surface area is 208 Å². The molecule has 3 atom stereocenters. The van der Waals surface area contributed by atoms with Crippen molar-refractivity contribution in [2.24, 2.45) is 4.99 Å². The summed E-state index contributed by atoms with van der Waals surface area (Å²) in [6.07, 6.45) is -5.51. The average molecular weight is 530 g/mol. The lowest BCUT2D eigenvalue weighted by molar-refractivity contribution is -0.274. The Kier molecular flexibility index (Phi) is 6.08. The number of fused-ring (bicyclic) bond motifs is 1. The maximum atomic E-state index is 13.3. The smallest absolute Gasteiger partial charge is 0.349 e. The highest BCUT2D eigenvalue weighted by Crippen LogP contribution is 2.56. The first-order chi connectivity index (χ1) is 17.3. The van der Waals surface area contributed by atoms with E-state index in [0.29, 0.717) is 12.1 Å². The van der Waals surface area contributed by atoms with Crippen molar-refractivity contribution >= 4 is 11.6 Å². The first-order valence-electron chi connectivity index (χ1n) is 11.7. The van der Waals surface area contributed by atoms with Crippen molar-refractivity contribution in [3.05, 3.63) is 59.7 Å². The minimum absolute atomic E-state index is 0.119. The van der Waals surface area contributed by atoms with Crippen LogP contribution in [0, 0.1) is 0 Å². The fraction of sp³-hybridized carbons (Fsp3) is 0.520. The second-order valence-electron chi connectivity index (χ2n) is 9.68. The van der Waals surface area contributed by atoms with Crippen LogP contribution in [0.1, 0.15) is 25.3 Å². The molecule has 2 saturated heterocycles. The molecule has 37 heavy (non-hydrogen) atoms. The molecule has 5 rings (SSSR count). The number of amides is 1. The highest BCUT2D eigenvalue weighted by Gasteiger charge is 2.68. The zero-order chi connectivity index (χ0) is 26.7. The normalized spacial score (nSPS) is 30.5. The van der Waals surface area contributed by atoms with E-state index in [0.717, 1.165) is 17.7 Å². The highest BCUT2D eigenvalue weighted by atomic mass is 19.4. The molecule has 1 aromatic carbocycles. The number of morpholine rings is 1. The van der Waals surface area contributed by atoms with Crippen molar-refractivity contribution < 1.29 is 45.3 Å². The zero-order valence-electron chi connectivity index (χ0n) is 19.7. The van der Waals surface area contributed by atoms with Gasteiger partial charge in [0.15, 0.2) is 5.72 Å². The molecule has 3 aliphatic heterocycles. The van der Waals surface area contributed by atoms with Gasteiger partial charge < -0.3 is 19.1 Å². The quantitative estimate of drug-likeness (QED) is 0.401. The molecule has 0 saturated carbocycles. The summed E-state index contributed by atoms with van der Waals surface area (Å²) in [4.78, 5) is 19.6. The Morgan fingerprint density at radius 3 is 2.35 bits per heavy atom. The van der Waals surface area contributed by atoms with E-state index < -0.39 is 48.7 Å². The van der Waals surface area contributed by atoms with Crippen molar-refractivity contribution in [3.8, 4) is 0 Å². The van der Waals surface area contributed by atoms with Crippen LogP contribution in [-0.2, 0) is 25.4 Å². The van der Waals surface area contributed by atoms with Gasteiger partial charge in [-0.15, -0.1) is 0 Å². The van der Waals surface area contributed by atoms with Gasteiger partial charge in [0, 0.05) is 12.0 Å². The Bertz CT molecular complexity index is 1140. The summed E-state index contributed by atoms with van der Waals surface area (Å²) in [5.74, 6) is -2.66. The Hall–Kier alpha value is -2.70. The summed E-state index contributed by atoms with van der Waals surface area (Å²) >= 11 is 0. The van der Waals surface area contributed by atoms with Gasteiger partial charge in [0.2, 0.25) is 11.7 Å². The van der Waals surface area contributed by atoms with Crippen LogP contribution in [0.25, 0.3) is 0 Å². The van der Waals surface area contributed by atoms with Crippen molar-refractivity contribution in [2.45, 2.75) is 61.6 Å². The van der Waals surface area contributed by atoms with Crippen molar-refractivity contribution in [1.82, 2.24) is 4.90 Å². The summed E-state index contributed by atoms with van der Waals surface area (Å²) in [6, 6.07) is 8.97. The van der Waals surface area contributed by atoms with Crippen LogP contribution in [0.15, 0.2) is 59.1 Å². The van der Waals surface area contributed by atoms with Crippen molar-refractivity contribution in [1.29, 1.82) is 0 Å². The number of aliphatic imine (C=N–C) groups is 1. The third-order valence-corrected chi connectivity index (χ3v) is 7.18. The van der Waals surface area contributed by atoms with Gasteiger partial charge in [-0.2, -0.15) is 26.3 Å². The van der Waals surface area contributed by atoms with Crippen LogP contribution in [0.3, 0.4) is 0 Å². The second-order valence-corrected chi connectivity index (χ2v) is 9.68. The first-order valence-corrected chi connectivity index (χ1v) is 11.7. The van der Waals surface area contributed by atoms with Gasteiger partial charge in [-0.1, -0.05) is 30.3 Å². The Morgan fingerprint density at radius 1 is 1.08 bits per heavy atom. The lowest BCUT2D eigenvalue weighted by Gasteiger charge is -2.53. The number of carbonyl (C=O) groups is 1. The molecule has 0 unspecified atom stereocenters. The molecule has 3 heterocycles. The summed E-state index contributed by atoms with van der Waals surface area (Å²) in [6.45, 7) is -1.85. The number of halogens is 6. The van der Waals surface area contributed by atoms with E-state index in [2.05, 4.69) is 4.99 Å². The topological polar surface area (TPSA) is 60.4 Å². The van der Waals surface area contributed by atoms with Crippen LogP contribution in [-0.4, -0.2) is 71.8 Å². The summed E-state index contributed by atoms with van der Waals surface area (Å²) in [5.41, 5.74) is -1.03. The molecule has 1 aromatic rings. The van der Waals surface area contributed by atoms with E-state index >= 15 is 0 Å².